The molecule has 0 saturated carbocycles. The highest BCUT2D eigenvalue weighted by atomic mass is 16.5. The van der Waals surface area contributed by atoms with Crippen molar-refractivity contribution < 1.29 is 24.2 Å². The number of carboxylic acid groups (broad SMARTS) is 1. The molecule has 0 bridgehead atoms. The minimum Gasteiger partial charge on any atom is -0.481 e. The summed E-state index contributed by atoms with van der Waals surface area (Å²) in [5.74, 6) is -1.49. The number of carbonyl (C=O) groups is 3. The molecule has 1 heterocycles. The van der Waals surface area contributed by atoms with E-state index in [0.29, 0.717) is 12.8 Å². The van der Waals surface area contributed by atoms with E-state index in [-0.39, 0.29) is 36.4 Å². The molecule has 3 aromatic rings. The molecule has 0 fully saturated rings. The molecule has 8 heteroatoms. The number of aliphatic carboxylic acids is 1. The molecule has 1 aromatic heterocycles. The Morgan fingerprint density at radius 2 is 1.66 bits per heavy atom. The van der Waals surface area contributed by atoms with Gasteiger partial charge in [-0.25, -0.2) is 9.78 Å². The number of anilines is 1. The average Bonchev–Trinajstić information content (AvgIpc) is 3.19. The Morgan fingerprint density at radius 3 is 2.29 bits per heavy atom. The first-order chi connectivity index (χ1) is 17.0. The van der Waals surface area contributed by atoms with Crippen LogP contribution in [0, 0.1) is 0 Å². The second-order valence-corrected chi connectivity index (χ2v) is 8.36. The Labute approximate surface area is 203 Å². The van der Waals surface area contributed by atoms with E-state index < -0.39 is 18.0 Å². The van der Waals surface area contributed by atoms with E-state index in [1.165, 1.54) is 6.20 Å². The van der Waals surface area contributed by atoms with Crippen LogP contribution in [0.4, 0.5) is 10.5 Å². The standard InChI is InChI=1S/C27H27N3O5/c1-2-17(13-14-24(31)32)29-26(33)25-23(12-7-15-28-25)30-27(34)35-16-22-20-10-5-3-8-18(20)19-9-4-6-11-21(19)22/h3-12,15,17,22H,2,13-14,16H2,1H3,(H,29,33)(H,30,34)(H,31,32). The number of carboxylic acids is 1. The highest BCUT2D eigenvalue weighted by Gasteiger charge is 2.29. The smallest absolute Gasteiger partial charge is 0.411 e. The number of ether oxygens (including phenoxy) is 1. The minimum atomic E-state index is -0.923. The lowest BCUT2D eigenvalue weighted by Crippen LogP contribution is -2.36. The van der Waals surface area contributed by atoms with E-state index in [1.807, 2.05) is 43.3 Å². The number of nitrogens with one attached hydrogen (secondary N) is 2. The zero-order valence-corrected chi connectivity index (χ0v) is 19.4. The number of fused-ring (bicyclic) bond motifs is 3. The second kappa shape index (κ2) is 10.8. The number of rotatable bonds is 9. The third kappa shape index (κ3) is 5.48. The maximum absolute atomic E-state index is 12.8. The van der Waals surface area contributed by atoms with Gasteiger partial charge in [-0.3, -0.25) is 14.9 Å². The van der Waals surface area contributed by atoms with E-state index in [2.05, 4.69) is 27.8 Å². The Hall–Kier alpha value is -4.20. The lowest BCUT2D eigenvalue weighted by molar-refractivity contribution is -0.137. The topological polar surface area (TPSA) is 118 Å². The fraction of sp³-hybridized carbons (Fsp3) is 0.259. The molecule has 4 rings (SSSR count). The number of hydrogen-bond acceptors (Lipinski definition) is 5. The van der Waals surface area contributed by atoms with Crippen LogP contribution in [0.3, 0.4) is 0 Å². The summed E-state index contributed by atoms with van der Waals surface area (Å²) in [6.45, 7) is 2.01. The van der Waals surface area contributed by atoms with Crippen LogP contribution in [-0.2, 0) is 9.53 Å². The quantitative estimate of drug-likeness (QED) is 0.410. The number of amides is 2. The first kappa shape index (κ1) is 23.9. The van der Waals surface area contributed by atoms with Crippen LogP contribution in [0.2, 0.25) is 0 Å². The third-order valence-electron chi connectivity index (χ3n) is 6.14. The van der Waals surface area contributed by atoms with Crippen molar-refractivity contribution in [1.82, 2.24) is 10.3 Å². The maximum Gasteiger partial charge on any atom is 0.411 e. The fourth-order valence-corrected chi connectivity index (χ4v) is 4.36. The molecule has 3 N–H and O–H groups in total. The van der Waals surface area contributed by atoms with Crippen LogP contribution in [0.25, 0.3) is 11.1 Å². The molecule has 2 aromatic carbocycles. The van der Waals surface area contributed by atoms with Crippen molar-refractivity contribution in [2.75, 3.05) is 11.9 Å². The number of hydrogen-bond donors (Lipinski definition) is 3. The second-order valence-electron chi connectivity index (χ2n) is 8.36. The van der Waals surface area contributed by atoms with Gasteiger partial charge >= 0.3 is 12.1 Å². The molecular formula is C27H27N3O5. The monoisotopic (exact) mass is 473 g/mol. The van der Waals surface area contributed by atoms with Crippen molar-refractivity contribution in [3.63, 3.8) is 0 Å². The highest BCUT2D eigenvalue weighted by Crippen LogP contribution is 2.44. The molecule has 35 heavy (non-hydrogen) atoms. The number of carbonyl (C=O) groups excluding carboxylic acids is 2. The summed E-state index contributed by atoms with van der Waals surface area (Å²) in [6.07, 6.45) is 1.59. The molecule has 1 aliphatic carbocycles. The fourth-order valence-electron chi connectivity index (χ4n) is 4.36. The lowest BCUT2D eigenvalue weighted by Gasteiger charge is -2.17. The number of pyridine rings is 1. The van der Waals surface area contributed by atoms with E-state index in [9.17, 15) is 14.4 Å². The maximum atomic E-state index is 12.8. The van der Waals surface area contributed by atoms with Gasteiger partial charge in [0.25, 0.3) is 5.91 Å². The van der Waals surface area contributed by atoms with Crippen molar-refractivity contribution in [2.45, 2.75) is 38.1 Å². The Bertz CT molecular complexity index is 1200. The van der Waals surface area contributed by atoms with Gasteiger partial charge in [-0.1, -0.05) is 55.5 Å². The van der Waals surface area contributed by atoms with Gasteiger partial charge in [-0.2, -0.15) is 0 Å². The minimum absolute atomic E-state index is 0.0368. The van der Waals surface area contributed by atoms with Gasteiger partial charge in [-0.15, -0.1) is 0 Å². The normalized spacial score (nSPS) is 12.8. The highest BCUT2D eigenvalue weighted by molar-refractivity contribution is 6.01. The molecule has 0 spiro atoms. The van der Waals surface area contributed by atoms with Crippen LogP contribution in [0.5, 0.6) is 0 Å². The SMILES string of the molecule is CCC(CCC(=O)O)NC(=O)c1ncccc1NC(=O)OCC1c2ccccc2-c2ccccc21. The Kier molecular flexibility index (Phi) is 7.40. The van der Waals surface area contributed by atoms with Crippen molar-refractivity contribution in [3.8, 4) is 11.1 Å². The van der Waals surface area contributed by atoms with Crippen LogP contribution in [-0.4, -0.2) is 40.7 Å². The van der Waals surface area contributed by atoms with Gasteiger partial charge in [-0.05, 0) is 47.2 Å². The molecular weight excluding hydrogens is 446 g/mol. The van der Waals surface area contributed by atoms with Gasteiger partial charge in [0.2, 0.25) is 0 Å². The predicted octanol–water partition coefficient (Wildman–Crippen LogP) is 4.82. The molecule has 8 nitrogen and oxygen atoms in total. The summed E-state index contributed by atoms with van der Waals surface area (Å²) >= 11 is 0. The predicted molar refractivity (Wildman–Crippen MR) is 131 cm³/mol. The van der Waals surface area contributed by atoms with Gasteiger partial charge < -0.3 is 15.2 Å². The molecule has 180 valence electrons. The summed E-state index contributed by atoms with van der Waals surface area (Å²) < 4.78 is 5.57. The van der Waals surface area contributed by atoms with Crippen LogP contribution >= 0.6 is 0 Å². The molecule has 2 amide bonds. The van der Waals surface area contributed by atoms with Crippen LogP contribution in [0.15, 0.2) is 66.9 Å². The van der Waals surface area contributed by atoms with Crippen LogP contribution in [0.1, 0.15) is 53.7 Å². The van der Waals surface area contributed by atoms with Crippen molar-refractivity contribution >= 4 is 23.7 Å². The Morgan fingerprint density at radius 1 is 1.00 bits per heavy atom. The molecule has 1 aliphatic rings. The van der Waals surface area contributed by atoms with Crippen molar-refractivity contribution in [3.05, 3.63) is 83.7 Å². The number of aromatic nitrogens is 1. The average molecular weight is 474 g/mol. The van der Waals surface area contributed by atoms with Crippen molar-refractivity contribution in [1.29, 1.82) is 0 Å². The van der Waals surface area contributed by atoms with Gasteiger partial charge in [0.1, 0.15) is 6.61 Å². The lowest BCUT2D eigenvalue weighted by atomic mass is 9.98. The third-order valence-corrected chi connectivity index (χ3v) is 6.14. The van der Waals surface area contributed by atoms with Gasteiger partial charge in [0.15, 0.2) is 5.69 Å². The van der Waals surface area contributed by atoms with E-state index in [4.69, 9.17) is 9.84 Å². The number of nitrogens with zero attached hydrogens (tertiary/aromatic N) is 1. The first-order valence-electron chi connectivity index (χ1n) is 11.6. The van der Waals surface area contributed by atoms with E-state index in [1.54, 1.807) is 12.1 Å². The first-order valence-corrected chi connectivity index (χ1v) is 11.6. The molecule has 1 unspecified atom stereocenters. The summed E-state index contributed by atoms with van der Waals surface area (Å²) in [5, 5.41) is 14.3. The van der Waals surface area contributed by atoms with Gasteiger partial charge in [0.05, 0.1) is 5.69 Å². The zero-order valence-electron chi connectivity index (χ0n) is 19.4. The Balaban J connectivity index is 1.42. The largest absolute Gasteiger partial charge is 0.481 e. The van der Waals surface area contributed by atoms with Gasteiger partial charge in [0, 0.05) is 24.6 Å². The molecule has 1 atom stereocenters. The summed E-state index contributed by atoms with van der Waals surface area (Å²) in [5.41, 5.74) is 4.74. The summed E-state index contributed by atoms with van der Waals surface area (Å²) in [6, 6.07) is 19.0. The molecule has 0 saturated heterocycles. The van der Waals surface area contributed by atoms with Crippen molar-refractivity contribution in [2.24, 2.45) is 0 Å². The summed E-state index contributed by atoms with van der Waals surface area (Å²) in [7, 11) is 0. The molecule has 0 aliphatic heterocycles. The molecule has 0 radical (unpaired) electrons. The zero-order chi connectivity index (χ0) is 24.8. The van der Waals surface area contributed by atoms with E-state index >= 15 is 0 Å². The number of benzene rings is 2. The summed E-state index contributed by atoms with van der Waals surface area (Å²) in [4.78, 5) is 40.4. The van der Waals surface area contributed by atoms with Crippen LogP contribution < -0.4 is 10.6 Å². The van der Waals surface area contributed by atoms with E-state index in [0.717, 1.165) is 22.3 Å².